The van der Waals surface area contributed by atoms with E-state index in [2.05, 4.69) is 176 Å². The summed E-state index contributed by atoms with van der Waals surface area (Å²) in [7, 11) is 0. The molecule has 1 nitrogen and oxygen atoms in total. The number of hydrogen-bond acceptors (Lipinski definition) is 1. The second-order valence-electron chi connectivity index (χ2n) is 15.6. The molecular weight excluding hydrogens is 888 g/mol. The van der Waals surface area contributed by atoms with Gasteiger partial charge in [-0.1, -0.05) is 171 Å². The average molecular weight is 948 g/mol. The van der Waals surface area contributed by atoms with E-state index in [1.165, 1.54) is 70.8 Å². The van der Waals surface area contributed by atoms with Crippen LogP contribution in [0.15, 0.2) is 170 Å². The molecule has 320 valence electrons. The van der Waals surface area contributed by atoms with Gasteiger partial charge in [0.1, 0.15) is 5.75 Å². The van der Waals surface area contributed by atoms with E-state index in [9.17, 15) is 0 Å². The van der Waals surface area contributed by atoms with Crippen LogP contribution in [-0.2, 0) is 0 Å². The lowest BCUT2D eigenvalue weighted by atomic mass is 10.0. The summed E-state index contributed by atoms with van der Waals surface area (Å²) in [6.45, 7) is 7.23. The van der Waals surface area contributed by atoms with Gasteiger partial charge >= 0.3 is 0 Å². The lowest BCUT2D eigenvalue weighted by Gasteiger charge is -2.06. The smallest absolute Gasteiger partial charge is 0.119 e. The SMILES string of the molecule is C#Cc1ccc(-c2ccc(C#C)cc2)cc1.CCCCCCCCCCOc1ccc(C#Cc2ccc(-c3ccc(C#Cc4ccc(C)cc4)cc3)cc2)cc1.Cc1ccc(I)cc1.[2HH]. The standard InChI is InChI=1S/C39H40O.C16H10.C7H7I.H2/c1-3-4-5-6-7-8-9-10-31-40-39-29-23-36(24-30-39)18-17-35-21-27-38(28-22-35)37-25-19-34(20-26-37)16-15-33-13-11-32(2)12-14-33;1-3-13-5-9-15(10-6-13)16-11-7-14(4-2)8-12-16;1-6-2-4-7(8)5-3-6;/h11-14,19-30H,3-10,31H2,1-2H3;1-2,5-12H;2-5H,1H3;1H/i;;;1+1. The number of hydrogen-bond donors (Lipinski definition) is 0. The Labute approximate surface area is 399 Å². The summed E-state index contributed by atoms with van der Waals surface area (Å²) >= 11 is 2.30. The van der Waals surface area contributed by atoms with E-state index in [1.54, 1.807) is 0 Å². The van der Waals surface area contributed by atoms with Crippen molar-refractivity contribution < 1.29 is 6.16 Å². The molecule has 0 aliphatic rings. The van der Waals surface area contributed by atoms with E-state index in [0.29, 0.717) is 0 Å². The first-order valence-corrected chi connectivity index (χ1v) is 23.3. The Balaban J connectivity index is 0.000000300. The quantitative estimate of drug-likeness (QED) is 0.0674. The average Bonchev–Trinajstić information content (AvgIpc) is 3.35. The molecule has 0 aliphatic carbocycles. The van der Waals surface area contributed by atoms with Crippen LogP contribution >= 0.6 is 22.6 Å². The van der Waals surface area contributed by atoms with Gasteiger partial charge in [-0.3, -0.25) is 0 Å². The maximum absolute atomic E-state index is 5.91. The highest BCUT2D eigenvalue weighted by Gasteiger charge is 2.00. The van der Waals surface area contributed by atoms with Crippen LogP contribution < -0.4 is 4.74 Å². The molecule has 0 N–H and O–H groups in total. The van der Waals surface area contributed by atoms with Crippen molar-refractivity contribution in [1.82, 2.24) is 0 Å². The van der Waals surface area contributed by atoms with Crippen LogP contribution in [-0.4, -0.2) is 6.61 Å². The minimum Gasteiger partial charge on any atom is -0.494 e. The number of ether oxygens (including phenoxy) is 1. The first-order chi connectivity index (χ1) is 31.3. The highest BCUT2D eigenvalue weighted by molar-refractivity contribution is 14.1. The molecule has 0 unspecified atom stereocenters. The first-order valence-electron chi connectivity index (χ1n) is 22.2. The zero-order valence-electron chi connectivity index (χ0n) is 37.5. The fraction of sp³-hybridized carbons (Fsp3) is 0.194. The summed E-state index contributed by atoms with van der Waals surface area (Å²) in [5.41, 5.74) is 13.0. The Morgan fingerprint density at radius 2 is 0.688 bits per heavy atom. The van der Waals surface area contributed by atoms with Gasteiger partial charge in [0.2, 0.25) is 0 Å². The summed E-state index contributed by atoms with van der Waals surface area (Å²) < 4.78 is 7.21. The molecule has 7 aromatic rings. The zero-order valence-corrected chi connectivity index (χ0v) is 39.6. The molecule has 64 heavy (non-hydrogen) atoms. The molecule has 0 saturated heterocycles. The van der Waals surface area contributed by atoms with Crippen LogP contribution in [0, 0.1) is 65.8 Å². The van der Waals surface area contributed by atoms with E-state index < -0.39 is 0 Å². The molecule has 0 aromatic heterocycles. The van der Waals surface area contributed by atoms with Gasteiger partial charge in [-0.05, 0) is 162 Å². The molecular formula is C62H59IO. The normalized spacial score (nSPS) is 9.84. The van der Waals surface area contributed by atoms with Gasteiger partial charge in [0.15, 0.2) is 0 Å². The van der Waals surface area contributed by atoms with Crippen LogP contribution in [0.2, 0.25) is 0 Å². The number of rotatable bonds is 12. The van der Waals surface area contributed by atoms with E-state index >= 15 is 0 Å². The molecule has 0 bridgehead atoms. The first kappa shape index (κ1) is 48.3. The Kier molecular flexibility index (Phi) is 20.7. The van der Waals surface area contributed by atoms with Gasteiger partial charge in [0.25, 0.3) is 0 Å². The molecule has 2 heteroatoms. The fourth-order valence-electron chi connectivity index (χ4n) is 6.53. The molecule has 0 aliphatic heterocycles. The third kappa shape index (κ3) is 17.6. The van der Waals surface area contributed by atoms with Gasteiger partial charge in [0.05, 0.1) is 6.61 Å². The summed E-state index contributed by atoms with van der Waals surface area (Å²) in [6, 6.07) is 57.4. The molecule has 0 amide bonds. The fourth-order valence-corrected chi connectivity index (χ4v) is 6.89. The van der Waals surface area contributed by atoms with Crippen molar-refractivity contribution >= 4 is 22.6 Å². The van der Waals surface area contributed by atoms with Crippen molar-refractivity contribution in [3.05, 3.63) is 218 Å². The summed E-state index contributed by atoms with van der Waals surface area (Å²) in [4.78, 5) is 0. The number of halogens is 1. The van der Waals surface area contributed by atoms with Gasteiger partial charge in [-0.15, -0.1) is 12.8 Å². The van der Waals surface area contributed by atoms with Gasteiger partial charge < -0.3 is 4.74 Å². The number of terminal acetylenes is 2. The molecule has 0 saturated carbocycles. The predicted molar refractivity (Wildman–Crippen MR) is 283 cm³/mol. The van der Waals surface area contributed by atoms with Crippen molar-refractivity contribution in [2.24, 2.45) is 0 Å². The lowest BCUT2D eigenvalue weighted by molar-refractivity contribution is 0.304. The highest BCUT2D eigenvalue weighted by Crippen LogP contribution is 2.22. The second-order valence-corrected chi connectivity index (χ2v) is 16.9. The number of benzene rings is 7. The van der Waals surface area contributed by atoms with Crippen molar-refractivity contribution in [3.63, 3.8) is 0 Å². The summed E-state index contributed by atoms with van der Waals surface area (Å²) in [5, 5.41) is 0. The molecule has 0 fully saturated rings. The van der Waals surface area contributed by atoms with Gasteiger partial charge in [-0.25, -0.2) is 0 Å². The maximum Gasteiger partial charge on any atom is 0.119 e. The lowest BCUT2D eigenvalue weighted by Crippen LogP contribution is -1.97. The van der Waals surface area contributed by atoms with Crippen molar-refractivity contribution in [3.8, 4) is 76.4 Å². The van der Waals surface area contributed by atoms with E-state index in [4.69, 9.17) is 17.6 Å². The molecule has 0 heterocycles. The Morgan fingerprint density at radius 3 is 1.03 bits per heavy atom. The number of aryl methyl sites for hydroxylation is 2. The molecule has 7 rings (SSSR count). The third-order valence-corrected chi connectivity index (χ3v) is 11.1. The number of unbranched alkanes of at least 4 members (excludes halogenated alkanes) is 7. The molecule has 0 radical (unpaired) electrons. The molecule has 0 spiro atoms. The van der Waals surface area contributed by atoms with Crippen LogP contribution in [0.4, 0.5) is 0 Å². The molecule has 7 aromatic carbocycles. The van der Waals surface area contributed by atoms with Gasteiger partial charge in [0, 0.05) is 38.4 Å². The van der Waals surface area contributed by atoms with Crippen molar-refractivity contribution in [1.29, 1.82) is 0 Å². The Morgan fingerprint density at radius 1 is 0.391 bits per heavy atom. The maximum atomic E-state index is 5.91. The summed E-state index contributed by atoms with van der Waals surface area (Å²) in [5.74, 6) is 19.2. The largest absolute Gasteiger partial charge is 0.494 e. The predicted octanol–water partition coefficient (Wildman–Crippen LogP) is 16.1. The van der Waals surface area contributed by atoms with E-state index in [0.717, 1.165) is 63.3 Å². The van der Waals surface area contributed by atoms with E-state index in [-0.39, 0.29) is 1.43 Å². The second kappa shape index (κ2) is 27.4. The van der Waals surface area contributed by atoms with Gasteiger partial charge in [-0.2, -0.15) is 0 Å². The van der Waals surface area contributed by atoms with Crippen LogP contribution in [0.25, 0.3) is 22.3 Å². The Bertz CT molecular complexity index is 2580. The summed E-state index contributed by atoms with van der Waals surface area (Å²) in [6.07, 6.45) is 21.1. The third-order valence-electron chi connectivity index (χ3n) is 10.4. The highest BCUT2D eigenvalue weighted by atomic mass is 127. The van der Waals surface area contributed by atoms with Crippen molar-refractivity contribution in [2.45, 2.75) is 72.1 Å². The van der Waals surface area contributed by atoms with Crippen LogP contribution in [0.1, 0.15) is 104 Å². The molecule has 0 atom stereocenters. The minimum atomic E-state index is 0. The van der Waals surface area contributed by atoms with E-state index in [1.807, 2.05) is 72.8 Å². The topological polar surface area (TPSA) is 9.23 Å². The van der Waals surface area contributed by atoms with Crippen LogP contribution in [0.5, 0.6) is 5.75 Å². The van der Waals surface area contributed by atoms with Crippen molar-refractivity contribution in [2.75, 3.05) is 6.61 Å². The monoisotopic (exact) mass is 947 g/mol. The zero-order chi connectivity index (χ0) is 45.2. The van der Waals surface area contributed by atoms with Crippen LogP contribution in [0.3, 0.4) is 0 Å². The Hall–Kier alpha value is -6.69. The minimum absolute atomic E-state index is 0.